The van der Waals surface area contributed by atoms with E-state index in [1.165, 1.54) is 19.1 Å². The van der Waals surface area contributed by atoms with Crippen LogP contribution in [0.25, 0.3) is 0 Å². The van der Waals surface area contributed by atoms with E-state index in [4.69, 9.17) is 37.8 Å². The van der Waals surface area contributed by atoms with Gasteiger partial charge >= 0.3 is 5.97 Å². The average molecular weight is 359 g/mol. The van der Waals surface area contributed by atoms with Crippen molar-refractivity contribution in [1.82, 2.24) is 9.78 Å². The quantitative estimate of drug-likeness (QED) is 0.874. The fourth-order valence-electron chi connectivity index (χ4n) is 1.91. The van der Waals surface area contributed by atoms with Gasteiger partial charge in [-0.3, -0.25) is 0 Å². The van der Waals surface area contributed by atoms with Crippen molar-refractivity contribution in [3.63, 3.8) is 0 Å². The number of aromatic nitrogens is 2. The number of rotatable bonds is 5. The van der Waals surface area contributed by atoms with Gasteiger partial charge in [0.05, 0.1) is 15.7 Å². The highest BCUT2D eigenvalue weighted by atomic mass is 35.5. The fourth-order valence-corrected chi connectivity index (χ4v) is 2.38. The van der Waals surface area contributed by atoms with Crippen molar-refractivity contribution >= 4 is 29.2 Å². The van der Waals surface area contributed by atoms with Crippen molar-refractivity contribution in [2.75, 3.05) is 0 Å². The third kappa shape index (κ3) is 3.71. The van der Waals surface area contributed by atoms with E-state index in [1.54, 1.807) is 11.7 Å². The highest BCUT2D eigenvalue weighted by molar-refractivity contribution is 6.36. The molecule has 1 atom stereocenters. The van der Waals surface area contributed by atoms with Crippen molar-refractivity contribution in [1.29, 1.82) is 0 Å². The molecule has 0 fully saturated rings. The Hall–Kier alpha value is -1.92. The van der Waals surface area contributed by atoms with Gasteiger partial charge in [0.25, 0.3) is 0 Å². The van der Waals surface area contributed by atoms with Crippen molar-refractivity contribution < 1.29 is 19.4 Å². The lowest BCUT2D eigenvalue weighted by molar-refractivity contribution is -0.144. The smallest absolute Gasteiger partial charge is 0.344 e. The van der Waals surface area contributed by atoms with E-state index in [0.717, 1.165) is 11.3 Å². The number of aryl methyl sites for hydroxylation is 2. The molecule has 1 aromatic carbocycles. The zero-order valence-corrected chi connectivity index (χ0v) is 14.6. The van der Waals surface area contributed by atoms with Crippen LogP contribution in [-0.2, 0) is 11.8 Å². The summed E-state index contributed by atoms with van der Waals surface area (Å²) >= 11 is 12.2. The number of hydrogen-bond acceptors (Lipinski definition) is 4. The van der Waals surface area contributed by atoms with Crippen molar-refractivity contribution in [3.8, 4) is 17.4 Å². The number of hydrogen-bond donors (Lipinski definition) is 1. The standard InChI is InChI=1S/C15H16Cl2N2O4/c1-7-8(2)18-19(4)14(7)23-13-6-12(10(16)5-11(13)17)22-9(3)15(20)21/h5-6,9H,1-4H3,(H,20,21)/t9-/m1/s1. The minimum absolute atomic E-state index is 0.178. The summed E-state index contributed by atoms with van der Waals surface area (Å²) in [5, 5.41) is 13.7. The Morgan fingerprint density at radius 3 is 2.39 bits per heavy atom. The van der Waals surface area contributed by atoms with E-state index in [9.17, 15) is 4.79 Å². The summed E-state index contributed by atoms with van der Waals surface area (Å²) < 4.78 is 12.7. The van der Waals surface area contributed by atoms with Crippen LogP contribution in [0.4, 0.5) is 0 Å². The molecule has 0 saturated heterocycles. The first-order valence-corrected chi connectivity index (χ1v) is 7.52. The molecule has 2 aromatic rings. The lowest BCUT2D eigenvalue weighted by Gasteiger charge is -2.15. The second-order valence-corrected chi connectivity index (χ2v) is 5.87. The third-order valence-corrected chi connectivity index (χ3v) is 3.89. The Balaban J connectivity index is 2.37. The Morgan fingerprint density at radius 2 is 1.87 bits per heavy atom. The van der Waals surface area contributed by atoms with Crippen LogP contribution in [0, 0.1) is 13.8 Å². The number of nitrogens with zero attached hydrogens (tertiary/aromatic N) is 2. The highest BCUT2D eigenvalue weighted by Gasteiger charge is 2.19. The van der Waals surface area contributed by atoms with Crippen LogP contribution in [0.5, 0.6) is 17.4 Å². The molecule has 0 aliphatic carbocycles. The first-order chi connectivity index (χ1) is 10.7. The van der Waals surface area contributed by atoms with E-state index >= 15 is 0 Å². The molecule has 0 saturated carbocycles. The van der Waals surface area contributed by atoms with Gasteiger partial charge < -0.3 is 14.6 Å². The average Bonchev–Trinajstić information content (AvgIpc) is 2.69. The third-order valence-electron chi connectivity index (χ3n) is 3.30. The number of carboxylic acid groups (broad SMARTS) is 1. The van der Waals surface area contributed by atoms with E-state index in [1.807, 2.05) is 13.8 Å². The Labute approximate surface area is 143 Å². The second-order valence-electron chi connectivity index (χ2n) is 5.05. The number of carboxylic acids is 1. The molecule has 8 heteroatoms. The molecule has 0 bridgehead atoms. The molecule has 124 valence electrons. The lowest BCUT2D eigenvalue weighted by Crippen LogP contribution is -2.23. The molecule has 2 rings (SSSR count). The summed E-state index contributed by atoms with van der Waals surface area (Å²) in [5.74, 6) is -0.0900. The maximum Gasteiger partial charge on any atom is 0.344 e. The van der Waals surface area contributed by atoms with Crippen LogP contribution < -0.4 is 9.47 Å². The number of benzene rings is 1. The van der Waals surface area contributed by atoms with Gasteiger partial charge in [0.2, 0.25) is 5.88 Å². The monoisotopic (exact) mass is 358 g/mol. The SMILES string of the molecule is Cc1nn(C)c(Oc2cc(O[C@H](C)C(=O)O)c(Cl)cc2Cl)c1C. The van der Waals surface area contributed by atoms with Crippen LogP contribution in [0.2, 0.25) is 10.0 Å². The molecule has 6 nitrogen and oxygen atoms in total. The van der Waals surface area contributed by atoms with Gasteiger partial charge in [-0.05, 0) is 26.8 Å². The largest absolute Gasteiger partial charge is 0.479 e. The van der Waals surface area contributed by atoms with Crippen LogP contribution in [0.1, 0.15) is 18.2 Å². The molecule has 0 amide bonds. The molecule has 1 aromatic heterocycles. The van der Waals surface area contributed by atoms with Crippen molar-refractivity contribution in [3.05, 3.63) is 33.4 Å². The predicted molar refractivity (Wildman–Crippen MR) is 86.9 cm³/mol. The number of ether oxygens (including phenoxy) is 2. The fraction of sp³-hybridized carbons (Fsp3) is 0.333. The molecule has 1 N–H and O–H groups in total. The zero-order valence-electron chi connectivity index (χ0n) is 13.1. The van der Waals surface area contributed by atoms with Gasteiger partial charge in [-0.2, -0.15) is 5.10 Å². The van der Waals surface area contributed by atoms with E-state index in [0.29, 0.717) is 11.6 Å². The van der Waals surface area contributed by atoms with Gasteiger partial charge in [-0.1, -0.05) is 23.2 Å². The summed E-state index contributed by atoms with van der Waals surface area (Å²) in [6, 6.07) is 2.91. The minimum atomic E-state index is -1.10. The molecule has 23 heavy (non-hydrogen) atoms. The molecule has 0 spiro atoms. The maximum absolute atomic E-state index is 10.9. The molecular weight excluding hydrogens is 343 g/mol. The Morgan fingerprint density at radius 1 is 1.26 bits per heavy atom. The molecule has 0 aliphatic rings. The Kier molecular flexibility index (Phi) is 5.06. The zero-order chi connectivity index (χ0) is 17.3. The molecule has 1 heterocycles. The minimum Gasteiger partial charge on any atom is -0.479 e. The van der Waals surface area contributed by atoms with Crippen LogP contribution in [0.15, 0.2) is 12.1 Å². The number of halogens is 2. The molecule has 0 aliphatic heterocycles. The summed E-state index contributed by atoms with van der Waals surface area (Å²) in [7, 11) is 1.75. The lowest BCUT2D eigenvalue weighted by atomic mass is 10.3. The van der Waals surface area contributed by atoms with Crippen LogP contribution in [0.3, 0.4) is 0 Å². The maximum atomic E-state index is 10.9. The number of carbonyl (C=O) groups is 1. The van der Waals surface area contributed by atoms with Crippen LogP contribution in [-0.4, -0.2) is 27.0 Å². The second kappa shape index (κ2) is 6.68. The Bertz CT molecular complexity index is 758. The van der Waals surface area contributed by atoms with E-state index < -0.39 is 12.1 Å². The molecular formula is C15H16Cl2N2O4. The normalized spacial score (nSPS) is 12.1. The summed E-state index contributed by atoms with van der Waals surface area (Å²) in [5.41, 5.74) is 1.71. The van der Waals surface area contributed by atoms with Crippen molar-refractivity contribution in [2.45, 2.75) is 26.9 Å². The summed E-state index contributed by atoms with van der Waals surface area (Å²) in [4.78, 5) is 10.9. The highest BCUT2D eigenvalue weighted by Crippen LogP contribution is 2.39. The molecule has 0 radical (unpaired) electrons. The van der Waals surface area contributed by atoms with Gasteiger partial charge in [-0.25, -0.2) is 9.48 Å². The first-order valence-electron chi connectivity index (χ1n) is 6.77. The van der Waals surface area contributed by atoms with Gasteiger partial charge in [0, 0.05) is 18.7 Å². The van der Waals surface area contributed by atoms with E-state index in [2.05, 4.69) is 5.10 Å². The number of aliphatic carboxylic acids is 1. The van der Waals surface area contributed by atoms with Gasteiger partial charge in [0.15, 0.2) is 11.9 Å². The van der Waals surface area contributed by atoms with Crippen LogP contribution >= 0.6 is 23.2 Å². The summed E-state index contributed by atoms with van der Waals surface area (Å²) in [6.45, 7) is 5.16. The summed E-state index contributed by atoms with van der Waals surface area (Å²) in [6.07, 6.45) is -1.05. The van der Waals surface area contributed by atoms with Crippen molar-refractivity contribution in [2.24, 2.45) is 7.05 Å². The van der Waals surface area contributed by atoms with Gasteiger partial charge in [0.1, 0.15) is 5.75 Å². The predicted octanol–water partition coefficient (Wildman–Crippen LogP) is 3.99. The van der Waals surface area contributed by atoms with Gasteiger partial charge in [-0.15, -0.1) is 0 Å². The molecule has 0 unspecified atom stereocenters. The van der Waals surface area contributed by atoms with E-state index in [-0.39, 0.29) is 15.8 Å². The first kappa shape index (κ1) is 17.4. The topological polar surface area (TPSA) is 73.6 Å².